The van der Waals surface area contributed by atoms with Crippen molar-refractivity contribution in [3.8, 4) is 0 Å². The molecule has 0 saturated carbocycles. The standard InChI is InChI=1S/C8H17/c1-4-6-7-8(3)5-2/h8H,3-7H2,1-2H3/t8-/m1/s1. The summed E-state index contributed by atoms with van der Waals surface area (Å²) in [7, 11) is 0. The summed E-state index contributed by atoms with van der Waals surface area (Å²) in [6.45, 7) is 8.42. The molecule has 0 aliphatic rings. The van der Waals surface area contributed by atoms with Crippen LogP contribution in [-0.4, -0.2) is 0 Å². The van der Waals surface area contributed by atoms with Crippen LogP contribution in [0.4, 0.5) is 0 Å². The largest absolute Gasteiger partial charge is 0.0654 e. The van der Waals surface area contributed by atoms with Crippen LogP contribution in [0.3, 0.4) is 0 Å². The Hall–Kier alpha value is 0. The van der Waals surface area contributed by atoms with Crippen LogP contribution in [0.5, 0.6) is 0 Å². The predicted octanol–water partition coefficient (Wildman–Crippen LogP) is 3.04. The summed E-state index contributed by atoms with van der Waals surface area (Å²) >= 11 is 0. The average molecular weight is 113 g/mol. The van der Waals surface area contributed by atoms with E-state index in [2.05, 4.69) is 20.8 Å². The van der Waals surface area contributed by atoms with E-state index in [1.54, 1.807) is 0 Å². The van der Waals surface area contributed by atoms with Gasteiger partial charge in [0.25, 0.3) is 0 Å². The Morgan fingerprint density at radius 1 is 1.38 bits per heavy atom. The van der Waals surface area contributed by atoms with Gasteiger partial charge in [0, 0.05) is 0 Å². The molecule has 0 saturated heterocycles. The minimum atomic E-state index is 0.704. The highest BCUT2D eigenvalue weighted by molar-refractivity contribution is 4.57. The summed E-state index contributed by atoms with van der Waals surface area (Å²) in [4.78, 5) is 0. The Kier molecular flexibility index (Phi) is 5.14. The van der Waals surface area contributed by atoms with Gasteiger partial charge in [0.2, 0.25) is 0 Å². The van der Waals surface area contributed by atoms with Crippen LogP contribution in [0.2, 0.25) is 0 Å². The van der Waals surface area contributed by atoms with Crippen LogP contribution >= 0.6 is 0 Å². The van der Waals surface area contributed by atoms with E-state index in [0.29, 0.717) is 5.92 Å². The summed E-state index contributed by atoms with van der Waals surface area (Å²) in [5.74, 6) is 0.704. The maximum absolute atomic E-state index is 3.99. The van der Waals surface area contributed by atoms with Gasteiger partial charge in [-0.1, -0.05) is 46.5 Å². The van der Waals surface area contributed by atoms with Gasteiger partial charge in [0.1, 0.15) is 0 Å². The number of unbranched alkanes of at least 4 members (excludes halogenated alkanes) is 1. The van der Waals surface area contributed by atoms with Crippen molar-refractivity contribution in [3.63, 3.8) is 0 Å². The summed E-state index contributed by atoms with van der Waals surface area (Å²) in [5, 5.41) is 0. The van der Waals surface area contributed by atoms with Gasteiger partial charge >= 0.3 is 0 Å². The molecule has 0 rings (SSSR count). The van der Waals surface area contributed by atoms with Crippen molar-refractivity contribution in [3.05, 3.63) is 6.92 Å². The van der Waals surface area contributed by atoms with Crippen molar-refractivity contribution in [2.45, 2.75) is 39.5 Å². The lowest BCUT2D eigenvalue weighted by atomic mass is 10.0. The Morgan fingerprint density at radius 2 is 2.00 bits per heavy atom. The molecule has 0 aliphatic carbocycles. The van der Waals surface area contributed by atoms with E-state index in [4.69, 9.17) is 0 Å². The van der Waals surface area contributed by atoms with E-state index in [1.807, 2.05) is 0 Å². The third-order valence-corrected chi connectivity index (χ3v) is 1.54. The zero-order valence-electron chi connectivity index (χ0n) is 6.11. The molecule has 0 aliphatic heterocycles. The van der Waals surface area contributed by atoms with Gasteiger partial charge in [0.15, 0.2) is 0 Å². The summed E-state index contributed by atoms with van der Waals surface area (Å²) in [5.41, 5.74) is 0. The van der Waals surface area contributed by atoms with E-state index in [0.717, 1.165) is 0 Å². The number of hydrogen-bond donors (Lipinski definition) is 0. The molecule has 0 unspecified atom stereocenters. The first-order chi connectivity index (χ1) is 3.81. The smallest absolute Gasteiger partial charge is 0.0417 e. The molecule has 0 aromatic rings. The highest BCUT2D eigenvalue weighted by Crippen LogP contribution is 2.09. The second-order valence-corrected chi connectivity index (χ2v) is 2.42. The molecule has 0 amide bonds. The van der Waals surface area contributed by atoms with Crippen molar-refractivity contribution in [2.24, 2.45) is 5.92 Å². The molecule has 1 radical (unpaired) electrons. The van der Waals surface area contributed by atoms with Crippen LogP contribution in [0, 0.1) is 12.8 Å². The lowest BCUT2D eigenvalue weighted by Gasteiger charge is -2.04. The normalized spacial score (nSPS) is 13.9. The molecule has 0 aromatic heterocycles. The molecule has 0 heterocycles. The lowest BCUT2D eigenvalue weighted by molar-refractivity contribution is 0.537. The van der Waals surface area contributed by atoms with Gasteiger partial charge in [-0.05, 0) is 5.92 Å². The Balaban J connectivity index is 2.86. The predicted molar refractivity (Wildman–Crippen MR) is 38.7 cm³/mol. The zero-order chi connectivity index (χ0) is 6.41. The molecule has 0 N–H and O–H groups in total. The van der Waals surface area contributed by atoms with Crippen LogP contribution in [0.25, 0.3) is 0 Å². The molecular weight excluding hydrogens is 96.1 g/mol. The second-order valence-electron chi connectivity index (χ2n) is 2.42. The van der Waals surface area contributed by atoms with Crippen molar-refractivity contribution in [1.82, 2.24) is 0 Å². The van der Waals surface area contributed by atoms with Gasteiger partial charge in [-0.2, -0.15) is 0 Å². The SMILES string of the molecule is [CH2][C@H](CC)CCCC. The van der Waals surface area contributed by atoms with Gasteiger partial charge in [-0.25, -0.2) is 0 Å². The number of rotatable bonds is 4. The van der Waals surface area contributed by atoms with Gasteiger partial charge < -0.3 is 0 Å². The summed E-state index contributed by atoms with van der Waals surface area (Å²) in [6.07, 6.45) is 5.21. The highest BCUT2D eigenvalue weighted by atomic mass is 14.0. The lowest BCUT2D eigenvalue weighted by Crippen LogP contribution is -1.90. The zero-order valence-corrected chi connectivity index (χ0v) is 6.11. The van der Waals surface area contributed by atoms with Gasteiger partial charge in [-0.3, -0.25) is 0 Å². The van der Waals surface area contributed by atoms with Crippen LogP contribution in [-0.2, 0) is 0 Å². The van der Waals surface area contributed by atoms with Crippen molar-refractivity contribution < 1.29 is 0 Å². The third-order valence-electron chi connectivity index (χ3n) is 1.54. The van der Waals surface area contributed by atoms with Crippen LogP contribution in [0.15, 0.2) is 0 Å². The first kappa shape index (κ1) is 8.00. The highest BCUT2D eigenvalue weighted by Gasteiger charge is 1.94. The minimum absolute atomic E-state index is 0.704. The molecular formula is C8H17. The van der Waals surface area contributed by atoms with E-state index < -0.39 is 0 Å². The fraction of sp³-hybridized carbons (Fsp3) is 0.875. The molecule has 0 bridgehead atoms. The van der Waals surface area contributed by atoms with E-state index in [1.165, 1.54) is 25.7 Å². The fourth-order valence-corrected chi connectivity index (χ4v) is 0.697. The van der Waals surface area contributed by atoms with Crippen molar-refractivity contribution in [1.29, 1.82) is 0 Å². The van der Waals surface area contributed by atoms with Crippen LogP contribution in [0.1, 0.15) is 39.5 Å². The second kappa shape index (κ2) is 5.14. The van der Waals surface area contributed by atoms with Gasteiger partial charge in [0.05, 0.1) is 0 Å². The Morgan fingerprint density at radius 3 is 2.38 bits per heavy atom. The van der Waals surface area contributed by atoms with E-state index in [9.17, 15) is 0 Å². The fourth-order valence-electron chi connectivity index (χ4n) is 0.697. The molecule has 0 aromatic carbocycles. The molecule has 0 fully saturated rings. The Labute approximate surface area is 53.3 Å². The van der Waals surface area contributed by atoms with E-state index in [-0.39, 0.29) is 0 Å². The molecule has 49 valence electrons. The Bertz CT molecular complexity index is 39.3. The molecule has 0 heteroatoms. The average Bonchev–Trinajstić information content (AvgIpc) is 1.83. The quantitative estimate of drug-likeness (QED) is 0.525. The van der Waals surface area contributed by atoms with Crippen LogP contribution < -0.4 is 0 Å². The molecule has 0 spiro atoms. The molecule has 0 nitrogen and oxygen atoms in total. The topological polar surface area (TPSA) is 0 Å². The minimum Gasteiger partial charge on any atom is -0.0654 e. The summed E-state index contributed by atoms with van der Waals surface area (Å²) < 4.78 is 0. The maximum Gasteiger partial charge on any atom is -0.0417 e. The third kappa shape index (κ3) is 4.17. The monoisotopic (exact) mass is 113 g/mol. The van der Waals surface area contributed by atoms with E-state index >= 15 is 0 Å². The summed E-state index contributed by atoms with van der Waals surface area (Å²) in [6, 6.07) is 0. The maximum atomic E-state index is 3.99. The van der Waals surface area contributed by atoms with Crippen molar-refractivity contribution in [2.75, 3.05) is 0 Å². The number of hydrogen-bond acceptors (Lipinski definition) is 0. The first-order valence-corrected chi connectivity index (χ1v) is 3.64. The van der Waals surface area contributed by atoms with Gasteiger partial charge in [-0.15, -0.1) is 0 Å². The van der Waals surface area contributed by atoms with Crippen molar-refractivity contribution >= 4 is 0 Å². The molecule has 8 heavy (non-hydrogen) atoms. The first-order valence-electron chi connectivity index (χ1n) is 3.64. The molecule has 1 atom stereocenters.